The highest BCUT2D eigenvalue weighted by Crippen LogP contribution is 2.32. The fourth-order valence-electron chi connectivity index (χ4n) is 2.50. The van der Waals surface area contributed by atoms with Crippen LogP contribution in [0.25, 0.3) is 0 Å². The first-order chi connectivity index (χ1) is 14.1. The van der Waals surface area contributed by atoms with Crippen LogP contribution in [0.3, 0.4) is 0 Å². The van der Waals surface area contributed by atoms with Crippen molar-refractivity contribution < 1.29 is 28.6 Å². The Morgan fingerprint density at radius 3 is 2.59 bits per heavy atom. The Balaban J connectivity index is 1.28. The number of rotatable bonds is 8. The number of anilines is 1. The molecule has 0 unspecified atom stereocenters. The normalized spacial score (nSPS) is 11.4. The molecule has 152 valence electrons. The molecule has 0 saturated carbocycles. The predicted molar refractivity (Wildman–Crippen MR) is 103 cm³/mol. The predicted octanol–water partition coefficient (Wildman–Crippen LogP) is 1.79. The number of benzene rings is 2. The fraction of sp³-hybridized carbons (Fsp3) is 0.250. The summed E-state index contributed by atoms with van der Waals surface area (Å²) in [4.78, 5) is 35.2. The van der Waals surface area contributed by atoms with Gasteiger partial charge >= 0.3 is 12.0 Å². The minimum Gasteiger partial charge on any atom is -0.456 e. The molecule has 0 bridgehead atoms. The molecule has 1 aliphatic rings. The summed E-state index contributed by atoms with van der Waals surface area (Å²) in [5.41, 5.74) is 1.48. The van der Waals surface area contributed by atoms with E-state index in [0.717, 1.165) is 5.56 Å². The number of urea groups is 1. The molecule has 2 aromatic rings. The van der Waals surface area contributed by atoms with Crippen molar-refractivity contribution >= 4 is 23.6 Å². The number of amides is 3. The van der Waals surface area contributed by atoms with E-state index in [2.05, 4.69) is 16.0 Å². The molecule has 0 spiro atoms. The average molecular weight is 399 g/mol. The molecule has 9 heteroatoms. The number of carbonyl (C=O) groups is 3. The van der Waals surface area contributed by atoms with E-state index in [1.54, 1.807) is 36.4 Å². The Kier molecular flexibility index (Phi) is 6.88. The first-order valence-corrected chi connectivity index (χ1v) is 9.01. The highest BCUT2D eigenvalue weighted by molar-refractivity contribution is 5.89. The van der Waals surface area contributed by atoms with E-state index in [-0.39, 0.29) is 32.9 Å². The summed E-state index contributed by atoms with van der Waals surface area (Å²) in [6, 6.07) is 13.9. The maximum Gasteiger partial charge on any atom is 0.319 e. The number of nitrogens with one attached hydrogen (secondary N) is 3. The van der Waals surface area contributed by atoms with Crippen LogP contribution in [0.1, 0.15) is 12.0 Å². The summed E-state index contributed by atoms with van der Waals surface area (Å²) in [5.74, 6) is 0.293. The maximum absolute atomic E-state index is 11.8. The monoisotopic (exact) mass is 399 g/mol. The molecule has 0 aromatic heterocycles. The van der Waals surface area contributed by atoms with Crippen molar-refractivity contribution in [3.05, 3.63) is 54.1 Å². The third-order valence-corrected chi connectivity index (χ3v) is 3.94. The zero-order valence-corrected chi connectivity index (χ0v) is 15.6. The molecule has 3 rings (SSSR count). The number of hydrogen-bond acceptors (Lipinski definition) is 6. The second kappa shape index (κ2) is 9.98. The summed E-state index contributed by atoms with van der Waals surface area (Å²) in [7, 11) is 0. The Morgan fingerprint density at radius 2 is 1.76 bits per heavy atom. The SMILES string of the molecule is O=C(COC(=O)CCNC(=O)Nc1ccccc1)NCc1ccc2c(c1)OCO2. The second-order valence-corrected chi connectivity index (χ2v) is 6.12. The molecule has 1 aliphatic heterocycles. The number of fused-ring (bicyclic) bond motifs is 1. The van der Waals surface area contributed by atoms with Gasteiger partial charge < -0.3 is 30.2 Å². The summed E-state index contributed by atoms with van der Waals surface area (Å²) in [5, 5.41) is 7.83. The summed E-state index contributed by atoms with van der Waals surface area (Å²) in [6.07, 6.45) is -0.0440. The largest absolute Gasteiger partial charge is 0.456 e. The van der Waals surface area contributed by atoms with Gasteiger partial charge in [-0.05, 0) is 29.8 Å². The number of ether oxygens (including phenoxy) is 3. The van der Waals surface area contributed by atoms with Crippen molar-refractivity contribution in [2.45, 2.75) is 13.0 Å². The molecule has 2 aromatic carbocycles. The maximum atomic E-state index is 11.8. The van der Waals surface area contributed by atoms with Crippen LogP contribution < -0.4 is 25.4 Å². The van der Waals surface area contributed by atoms with Crippen molar-refractivity contribution in [2.75, 3.05) is 25.3 Å². The van der Waals surface area contributed by atoms with Gasteiger partial charge in [-0.15, -0.1) is 0 Å². The first kappa shape index (κ1) is 20.0. The van der Waals surface area contributed by atoms with Crippen LogP contribution in [0.5, 0.6) is 11.5 Å². The zero-order chi connectivity index (χ0) is 20.5. The standard InChI is InChI=1S/C20H21N3O6/c24-18(22-11-14-6-7-16-17(10-14)29-13-28-16)12-27-19(25)8-9-21-20(26)23-15-4-2-1-3-5-15/h1-7,10H,8-9,11-13H2,(H,22,24)(H2,21,23,26). The van der Waals surface area contributed by atoms with E-state index >= 15 is 0 Å². The van der Waals surface area contributed by atoms with Crippen LogP contribution in [-0.2, 0) is 20.9 Å². The summed E-state index contributed by atoms with van der Waals surface area (Å²) < 4.78 is 15.4. The summed E-state index contributed by atoms with van der Waals surface area (Å²) in [6.45, 7) is 0.161. The Labute approximate surface area is 167 Å². The number of hydrogen-bond donors (Lipinski definition) is 3. The van der Waals surface area contributed by atoms with Gasteiger partial charge in [0.05, 0.1) is 6.42 Å². The third-order valence-electron chi connectivity index (χ3n) is 3.94. The Morgan fingerprint density at radius 1 is 0.966 bits per heavy atom. The van der Waals surface area contributed by atoms with Gasteiger partial charge in [-0.1, -0.05) is 24.3 Å². The van der Waals surface area contributed by atoms with E-state index < -0.39 is 17.9 Å². The van der Waals surface area contributed by atoms with Gasteiger partial charge in [0.15, 0.2) is 18.1 Å². The smallest absolute Gasteiger partial charge is 0.319 e. The highest BCUT2D eigenvalue weighted by atomic mass is 16.7. The molecular weight excluding hydrogens is 378 g/mol. The second-order valence-electron chi connectivity index (χ2n) is 6.12. The molecule has 0 fully saturated rings. The zero-order valence-electron chi connectivity index (χ0n) is 15.6. The van der Waals surface area contributed by atoms with Crippen LogP contribution in [0, 0.1) is 0 Å². The van der Waals surface area contributed by atoms with Gasteiger partial charge in [-0.2, -0.15) is 0 Å². The van der Waals surface area contributed by atoms with Crippen molar-refractivity contribution in [2.24, 2.45) is 0 Å². The molecule has 0 atom stereocenters. The lowest BCUT2D eigenvalue weighted by Crippen LogP contribution is -2.32. The molecule has 9 nitrogen and oxygen atoms in total. The van der Waals surface area contributed by atoms with E-state index in [0.29, 0.717) is 17.2 Å². The lowest BCUT2D eigenvalue weighted by atomic mass is 10.2. The molecule has 3 N–H and O–H groups in total. The van der Waals surface area contributed by atoms with Gasteiger partial charge in [0.25, 0.3) is 5.91 Å². The van der Waals surface area contributed by atoms with Gasteiger partial charge in [-0.3, -0.25) is 9.59 Å². The van der Waals surface area contributed by atoms with Gasteiger partial charge in [0.1, 0.15) is 0 Å². The first-order valence-electron chi connectivity index (χ1n) is 9.01. The topological polar surface area (TPSA) is 115 Å². The van der Waals surface area contributed by atoms with E-state index in [9.17, 15) is 14.4 Å². The molecule has 29 heavy (non-hydrogen) atoms. The van der Waals surface area contributed by atoms with Crippen molar-refractivity contribution in [3.8, 4) is 11.5 Å². The lowest BCUT2D eigenvalue weighted by Gasteiger charge is -2.09. The van der Waals surface area contributed by atoms with Crippen molar-refractivity contribution in [3.63, 3.8) is 0 Å². The van der Waals surface area contributed by atoms with E-state index in [1.807, 2.05) is 12.1 Å². The molecular formula is C20H21N3O6. The Bertz CT molecular complexity index is 872. The van der Waals surface area contributed by atoms with Crippen molar-refractivity contribution in [1.82, 2.24) is 10.6 Å². The quantitative estimate of drug-likeness (QED) is 0.583. The third kappa shape index (κ3) is 6.42. The minimum absolute atomic E-state index is 0.0440. The lowest BCUT2D eigenvalue weighted by molar-refractivity contribution is -0.148. The van der Waals surface area contributed by atoms with Gasteiger partial charge in [0.2, 0.25) is 6.79 Å². The van der Waals surface area contributed by atoms with Gasteiger partial charge in [0, 0.05) is 18.8 Å². The van der Waals surface area contributed by atoms with E-state index in [4.69, 9.17) is 14.2 Å². The van der Waals surface area contributed by atoms with Crippen molar-refractivity contribution in [1.29, 1.82) is 0 Å². The van der Waals surface area contributed by atoms with Crippen LogP contribution in [0.4, 0.5) is 10.5 Å². The van der Waals surface area contributed by atoms with Gasteiger partial charge in [-0.25, -0.2) is 4.79 Å². The van der Waals surface area contributed by atoms with E-state index in [1.165, 1.54) is 0 Å². The highest BCUT2D eigenvalue weighted by Gasteiger charge is 2.14. The molecule has 1 heterocycles. The molecule has 3 amide bonds. The number of carbonyl (C=O) groups excluding carboxylic acids is 3. The van der Waals surface area contributed by atoms with Crippen LogP contribution in [0.2, 0.25) is 0 Å². The van der Waals surface area contributed by atoms with Crippen LogP contribution in [0.15, 0.2) is 48.5 Å². The summed E-state index contributed by atoms with van der Waals surface area (Å²) >= 11 is 0. The number of para-hydroxylation sites is 1. The van der Waals surface area contributed by atoms with Crippen LogP contribution in [-0.4, -0.2) is 37.9 Å². The molecule has 0 saturated heterocycles. The Hall–Kier alpha value is -3.75. The molecule has 0 radical (unpaired) electrons. The minimum atomic E-state index is -0.580. The molecule has 0 aliphatic carbocycles. The number of esters is 1. The average Bonchev–Trinajstić information content (AvgIpc) is 3.19. The fourth-order valence-corrected chi connectivity index (χ4v) is 2.50. The van der Waals surface area contributed by atoms with Crippen LogP contribution >= 0.6 is 0 Å².